The number of carbonyl (C=O) groups is 1. The van der Waals surface area contributed by atoms with Gasteiger partial charge in [-0.25, -0.2) is 8.42 Å². The monoisotopic (exact) mass is 335 g/mol. The highest BCUT2D eigenvalue weighted by Crippen LogP contribution is 2.26. The third kappa shape index (κ3) is 4.59. The summed E-state index contributed by atoms with van der Waals surface area (Å²) >= 11 is 0. The standard InChI is InChI=1S/C14H16F3NO3S/c1-4-13(19)18(10(2)14(15,16)17)9-11-5-7-12(8-6-11)22(3,20)21/h4-8,10H,1,9H2,2-3H3/t10-/m1/s1. The van der Waals surface area contributed by atoms with Crippen LogP contribution in [-0.2, 0) is 21.2 Å². The van der Waals surface area contributed by atoms with Gasteiger partial charge in [0.15, 0.2) is 9.84 Å². The highest BCUT2D eigenvalue weighted by molar-refractivity contribution is 7.90. The van der Waals surface area contributed by atoms with Crippen molar-refractivity contribution in [2.24, 2.45) is 0 Å². The number of nitrogens with zero attached hydrogens (tertiary/aromatic N) is 1. The lowest BCUT2D eigenvalue weighted by Crippen LogP contribution is -2.45. The topological polar surface area (TPSA) is 54.5 Å². The van der Waals surface area contributed by atoms with E-state index in [1.165, 1.54) is 24.3 Å². The lowest BCUT2D eigenvalue weighted by molar-refractivity contribution is -0.185. The van der Waals surface area contributed by atoms with Crippen molar-refractivity contribution < 1.29 is 26.4 Å². The molecular weight excluding hydrogens is 319 g/mol. The molecule has 0 N–H and O–H groups in total. The van der Waals surface area contributed by atoms with E-state index in [2.05, 4.69) is 6.58 Å². The van der Waals surface area contributed by atoms with Crippen molar-refractivity contribution >= 4 is 15.7 Å². The minimum absolute atomic E-state index is 0.0571. The molecule has 0 unspecified atom stereocenters. The third-order valence-electron chi connectivity index (χ3n) is 3.10. The molecule has 122 valence electrons. The smallest absolute Gasteiger partial charge is 0.323 e. The molecule has 0 bridgehead atoms. The third-order valence-corrected chi connectivity index (χ3v) is 4.23. The molecule has 1 atom stereocenters. The summed E-state index contributed by atoms with van der Waals surface area (Å²) in [5.74, 6) is -0.850. The van der Waals surface area contributed by atoms with Gasteiger partial charge >= 0.3 is 6.18 Å². The van der Waals surface area contributed by atoms with Gasteiger partial charge in [0.1, 0.15) is 6.04 Å². The molecule has 1 rings (SSSR count). The molecule has 1 aromatic rings. The molecule has 0 radical (unpaired) electrons. The molecular formula is C14H16F3NO3S. The Labute approximate surface area is 127 Å². The van der Waals surface area contributed by atoms with Crippen LogP contribution < -0.4 is 0 Å². The van der Waals surface area contributed by atoms with Gasteiger partial charge in [-0.15, -0.1) is 0 Å². The van der Waals surface area contributed by atoms with Crippen molar-refractivity contribution in [3.63, 3.8) is 0 Å². The maximum Gasteiger partial charge on any atom is 0.408 e. The Hall–Kier alpha value is -1.83. The molecule has 0 aliphatic rings. The molecule has 0 heterocycles. The number of sulfone groups is 1. The SMILES string of the molecule is C=CC(=O)N(Cc1ccc(S(C)(=O)=O)cc1)[C@H](C)C(F)(F)F. The largest absolute Gasteiger partial charge is 0.408 e. The summed E-state index contributed by atoms with van der Waals surface area (Å²) in [5, 5.41) is 0. The van der Waals surface area contributed by atoms with E-state index in [4.69, 9.17) is 0 Å². The zero-order valence-electron chi connectivity index (χ0n) is 12.1. The minimum atomic E-state index is -4.56. The zero-order valence-corrected chi connectivity index (χ0v) is 12.9. The first kappa shape index (κ1) is 18.2. The fraction of sp³-hybridized carbons (Fsp3) is 0.357. The molecule has 0 saturated carbocycles. The summed E-state index contributed by atoms with van der Waals surface area (Å²) in [4.78, 5) is 12.3. The van der Waals surface area contributed by atoms with E-state index in [9.17, 15) is 26.4 Å². The van der Waals surface area contributed by atoms with Crippen molar-refractivity contribution in [3.05, 3.63) is 42.5 Å². The Morgan fingerprint density at radius 1 is 1.32 bits per heavy atom. The second-order valence-electron chi connectivity index (χ2n) is 4.80. The predicted octanol–water partition coefficient (Wildman–Crippen LogP) is 2.56. The summed E-state index contributed by atoms with van der Waals surface area (Å²) in [6.07, 6.45) is -2.72. The summed E-state index contributed by atoms with van der Waals surface area (Å²) in [5.41, 5.74) is 0.388. The molecule has 0 spiro atoms. The Kier molecular flexibility index (Phi) is 5.39. The number of benzene rings is 1. The number of amides is 1. The van der Waals surface area contributed by atoms with Crippen LogP contribution in [0.1, 0.15) is 12.5 Å². The minimum Gasteiger partial charge on any atom is -0.323 e. The average Bonchev–Trinajstić information content (AvgIpc) is 2.41. The highest BCUT2D eigenvalue weighted by atomic mass is 32.2. The van der Waals surface area contributed by atoms with E-state index in [0.717, 1.165) is 19.3 Å². The van der Waals surface area contributed by atoms with Gasteiger partial charge in [-0.1, -0.05) is 18.7 Å². The first-order chi connectivity index (χ1) is 9.96. The number of alkyl halides is 3. The second-order valence-corrected chi connectivity index (χ2v) is 6.82. The van der Waals surface area contributed by atoms with Gasteiger partial charge in [-0.2, -0.15) is 13.2 Å². The van der Waals surface area contributed by atoms with Crippen LogP contribution in [0.15, 0.2) is 41.8 Å². The molecule has 1 aromatic carbocycles. The van der Waals surface area contributed by atoms with Crippen molar-refractivity contribution in [3.8, 4) is 0 Å². The van der Waals surface area contributed by atoms with Crippen molar-refractivity contribution in [2.45, 2.75) is 30.6 Å². The Bertz CT molecular complexity index is 651. The molecule has 4 nitrogen and oxygen atoms in total. The first-order valence-electron chi connectivity index (χ1n) is 6.25. The van der Waals surface area contributed by atoms with Gasteiger partial charge in [0, 0.05) is 12.8 Å². The maximum absolute atomic E-state index is 12.8. The fourth-order valence-corrected chi connectivity index (χ4v) is 2.37. The van der Waals surface area contributed by atoms with Crippen LogP contribution in [0, 0.1) is 0 Å². The lowest BCUT2D eigenvalue weighted by atomic mass is 10.1. The van der Waals surface area contributed by atoms with Crippen LogP contribution in [0.25, 0.3) is 0 Å². The van der Waals surface area contributed by atoms with Crippen LogP contribution in [0.5, 0.6) is 0 Å². The summed E-state index contributed by atoms with van der Waals surface area (Å²) < 4.78 is 61.1. The van der Waals surface area contributed by atoms with Crippen LogP contribution in [0.3, 0.4) is 0 Å². The first-order valence-corrected chi connectivity index (χ1v) is 8.14. The van der Waals surface area contributed by atoms with Gasteiger partial charge in [-0.05, 0) is 30.7 Å². The van der Waals surface area contributed by atoms with Gasteiger partial charge in [0.05, 0.1) is 4.90 Å². The quantitative estimate of drug-likeness (QED) is 0.777. The van der Waals surface area contributed by atoms with Crippen molar-refractivity contribution in [2.75, 3.05) is 6.26 Å². The van der Waals surface area contributed by atoms with Crippen LogP contribution >= 0.6 is 0 Å². The molecule has 22 heavy (non-hydrogen) atoms. The molecule has 0 fully saturated rings. The Morgan fingerprint density at radius 3 is 2.18 bits per heavy atom. The van der Waals surface area contributed by atoms with Gasteiger partial charge in [-0.3, -0.25) is 4.79 Å². The molecule has 0 aliphatic heterocycles. The number of hydrogen-bond acceptors (Lipinski definition) is 3. The van der Waals surface area contributed by atoms with E-state index < -0.39 is 28.0 Å². The number of halogens is 3. The Morgan fingerprint density at radius 2 is 1.82 bits per heavy atom. The molecule has 1 amide bonds. The molecule has 0 aliphatic carbocycles. The number of carbonyl (C=O) groups excluding carboxylic acids is 1. The van der Waals surface area contributed by atoms with Crippen molar-refractivity contribution in [1.82, 2.24) is 4.90 Å². The summed E-state index contributed by atoms with van der Waals surface area (Å²) in [6, 6.07) is 3.36. The summed E-state index contributed by atoms with van der Waals surface area (Å²) in [6.45, 7) is 3.78. The predicted molar refractivity (Wildman–Crippen MR) is 75.8 cm³/mol. The van der Waals surface area contributed by atoms with E-state index in [1.807, 2.05) is 0 Å². The Balaban J connectivity index is 3.05. The van der Waals surface area contributed by atoms with Crippen LogP contribution in [0.4, 0.5) is 13.2 Å². The van der Waals surface area contributed by atoms with E-state index in [0.29, 0.717) is 10.5 Å². The van der Waals surface area contributed by atoms with Crippen LogP contribution in [-0.4, -0.2) is 37.7 Å². The van der Waals surface area contributed by atoms with Gasteiger partial charge < -0.3 is 4.90 Å². The van der Waals surface area contributed by atoms with Crippen molar-refractivity contribution in [1.29, 1.82) is 0 Å². The van der Waals surface area contributed by atoms with Gasteiger partial charge in [0.2, 0.25) is 5.91 Å². The molecule has 8 heteroatoms. The maximum atomic E-state index is 12.8. The van der Waals surface area contributed by atoms with E-state index in [1.54, 1.807) is 0 Å². The molecule has 0 saturated heterocycles. The molecule has 0 aromatic heterocycles. The van der Waals surface area contributed by atoms with Gasteiger partial charge in [0.25, 0.3) is 0 Å². The summed E-state index contributed by atoms with van der Waals surface area (Å²) in [7, 11) is -3.39. The fourth-order valence-electron chi connectivity index (χ4n) is 1.74. The number of rotatable bonds is 5. The highest BCUT2D eigenvalue weighted by Gasteiger charge is 2.41. The zero-order chi connectivity index (χ0) is 17.1. The van der Waals surface area contributed by atoms with E-state index >= 15 is 0 Å². The average molecular weight is 335 g/mol. The second kappa shape index (κ2) is 6.51. The lowest BCUT2D eigenvalue weighted by Gasteiger charge is -2.30. The van der Waals surface area contributed by atoms with E-state index in [-0.39, 0.29) is 11.4 Å². The normalized spacial score (nSPS) is 13.5. The number of hydrogen-bond donors (Lipinski definition) is 0. The van der Waals surface area contributed by atoms with Crippen LogP contribution in [0.2, 0.25) is 0 Å².